The number of halogens is 1. The molecule has 3 atom stereocenters. The molecule has 0 spiro atoms. The van der Waals surface area contributed by atoms with Crippen LogP contribution in [0.15, 0.2) is 0 Å². The minimum Gasteiger partial charge on any atom is -0.0888 e. The summed E-state index contributed by atoms with van der Waals surface area (Å²) in [6, 6.07) is 0. The molecule has 0 radical (unpaired) electrons. The number of fused-ring (bicyclic) bond motifs is 1. The monoisotopic (exact) mass is 188 g/mol. The zero-order valence-electron chi connectivity index (χ0n) is 5.65. The van der Waals surface area contributed by atoms with Gasteiger partial charge in [0, 0.05) is 4.83 Å². The molecule has 0 aliphatic heterocycles. The van der Waals surface area contributed by atoms with E-state index >= 15 is 0 Å². The van der Waals surface area contributed by atoms with Gasteiger partial charge >= 0.3 is 0 Å². The Morgan fingerprint density at radius 1 is 1.00 bits per heavy atom. The van der Waals surface area contributed by atoms with Crippen LogP contribution in [0.25, 0.3) is 0 Å². The number of hydrogen-bond donors (Lipinski definition) is 0. The first-order valence-electron chi connectivity index (χ1n) is 4.02. The zero-order valence-corrected chi connectivity index (χ0v) is 7.23. The van der Waals surface area contributed by atoms with Crippen molar-refractivity contribution in [2.45, 2.75) is 36.9 Å². The van der Waals surface area contributed by atoms with Crippen LogP contribution >= 0.6 is 15.9 Å². The largest absolute Gasteiger partial charge is 0.0888 e. The Hall–Kier alpha value is 0.480. The predicted molar refractivity (Wildman–Crippen MR) is 42.8 cm³/mol. The van der Waals surface area contributed by atoms with E-state index in [4.69, 9.17) is 0 Å². The lowest BCUT2D eigenvalue weighted by molar-refractivity contribution is 0.465. The maximum Gasteiger partial charge on any atom is 0.0176 e. The lowest BCUT2D eigenvalue weighted by Crippen LogP contribution is -2.06. The first-order valence-corrected chi connectivity index (χ1v) is 4.93. The van der Waals surface area contributed by atoms with Crippen molar-refractivity contribution in [2.75, 3.05) is 0 Å². The average molecular weight is 189 g/mol. The van der Waals surface area contributed by atoms with Crippen molar-refractivity contribution in [3.8, 4) is 0 Å². The molecule has 0 aromatic carbocycles. The van der Waals surface area contributed by atoms with Gasteiger partial charge in [0.05, 0.1) is 0 Å². The second-order valence-corrected chi connectivity index (χ2v) is 4.62. The first-order chi connectivity index (χ1) is 4.38. The van der Waals surface area contributed by atoms with E-state index in [1.165, 1.54) is 32.1 Å². The van der Waals surface area contributed by atoms with Gasteiger partial charge in [-0.05, 0) is 31.1 Å². The molecule has 2 fully saturated rings. The summed E-state index contributed by atoms with van der Waals surface area (Å²) in [5.41, 5.74) is 0. The second kappa shape index (κ2) is 2.26. The molecule has 2 rings (SSSR count). The van der Waals surface area contributed by atoms with Crippen molar-refractivity contribution < 1.29 is 0 Å². The van der Waals surface area contributed by atoms with Gasteiger partial charge < -0.3 is 0 Å². The van der Waals surface area contributed by atoms with Gasteiger partial charge in [-0.2, -0.15) is 0 Å². The smallest absolute Gasteiger partial charge is 0.0176 e. The highest BCUT2D eigenvalue weighted by molar-refractivity contribution is 9.09. The van der Waals surface area contributed by atoms with E-state index in [1.807, 2.05) is 0 Å². The van der Waals surface area contributed by atoms with Gasteiger partial charge in [-0.3, -0.25) is 0 Å². The summed E-state index contributed by atoms with van der Waals surface area (Å²) in [5, 5.41) is 0. The van der Waals surface area contributed by atoms with Gasteiger partial charge in [0.15, 0.2) is 0 Å². The van der Waals surface area contributed by atoms with Gasteiger partial charge in [-0.25, -0.2) is 0 Å². The van der Waals surface area contributed by atoms with Gasteiger partial charge in [0.25, 0.3) is 0 Å². The van der Waals surface area contributed by atoms with Crippen LogP contribution in [0, 0.1) is 11.8 Å². The molecule has 0 amide bonds. The SMILES string of the molecule is BrC1CCC2CCCC12. The van der Waals surface area contributed by atoms with Crippen molar-refractivity contribution in [3.63, 3.8) is 0 Å². The van der Waals surface area contributed by atoms with Crippen LogP contribution < -0.4 is 0 Å². The van der Waals surface area contributed by atoms with E-state index in [9.17, 15) is 0 Å². The lowest BCUT2D eigenvalue weighted by Gasteiger charge is -2.10. The molecule has 2 saturated carbocycles. The van der Waals surface area contributed by atoms with Crippen LogP contribution in [0.4, 0.5) is 0 Å². The molecule has 0 heterocycles. The third-order valence-electron chi connectivity index (χ3n) is 3.00. The van der Waals surface area contributed by atoms with Gasteiger partial charge in [0.1, 0.15) is 0 Å². The number of hydrogen-bond acceptors (Lipinski definition) is 0. The highest BCUT2D eigenvalue weighted by atomic mass is 79.9. The van der Waals surface area contributed by atoms with Crippen LogP contribution in [0.1, 0.15) is 32.1 Å². The van der Waals surface area contributed by atoms with Crippen molar-refractivity contribution in [1.29, 1.82) is 0 Å². The Balaban J connectivity index is 2.07. The van der Waals surface area contributed by atoms with E-state index in [-0.39, 0.29) is 0 Å². The minimum absolute atomic E-state index is 0.880. The molecular weight excluding hydrogens is 176 g/mol. The third-order valence-corrected chi connectivity index (χ3v) is 4.13. The fourth-order valence-electron chi connectivity index (χ4n) is 2.49. The van der Waals surface area contributed by atoms with Crippen LogP contribution in [0.5, 0.6) is 0 Å². The van der Waals surface area contributed by atoms with Crippen LogP contribution in [-0.4, -0.2) is 4.83 Å². The van der Waals surface area contributed by atoms with E-state index in [1.54, 1.807) is 0 Å². The Labute approximate surface area is 65.1 Å². The summed E-state index contributed by atoms with van der Waals surface area (Å²) in [6.07, 6.45) is 7.46. The summed E-state index contributed by atoms with van der Waals surface area (Å²) in [6.45, 7) is 0. The standard InChI is InChI=1S/C8H13Br/c9-8-5-4-6-2-1-3-7(6)8/h6-8H,1-5H2. The van der Waals surface area contributed by atoms with E-state index in [2.05, 4.69) is 15.9 Å². The molecule has 2 aliphatic rings. The summed E-state index contributed by atoms with van der Waals surface area (Å²) >= 11 is 3.75. The maximum atomic E-state index is 3.75. The highest BCUT2D eigenvalue weighted by Gasteiger charge is 2.37. The van der Waals surface area contributed by atoms with Crippen molar-refractivity contribution in [3.05, 3.63) is 0 Å². The molecule has 0 aromatic rings. The fourth-order valence-corrected chi connectivity index (χ4v) is 3.45. The molecule has 0 saturated heterocycles. The third kappa shape index (κ3) is 0.938. The van der Waals surface area contributed by atoms with Gasteiger partial charge in [-0.1, -0.05) is 28.8 Å². The Kier molecular flexibility index (Phi) is 1.56. The fraction of sp³-hybridized carbons (Fsp3) is 1.00. The molecule has 9 heavy (non-hydrogen) atoms. The Morgan fingerprint density at radius 3 is 2.67 bits per heavy atom. The van der Waals surface area contributed by atoms with Crippen LogP contribution in [0.3, 0.4) is 0 Å². The molecule has 1 heteroatoms. The molecule has 3 unspecified atom stereocenters. The molecule has 0 nitrogen and oxygen atoms in total. The normalized spacial score (nSPS) is 49.7. The van der Waals surface area contributed by atoms with E-state index in [0.29, 0.717) is 0 Å². The van der Waals surface area contributed by atoms with E-state index < -0.39 is 0 Å². The molecule has 0 aromatic heterocycles. The second-order valence-electron chi connectivity index (χ2n) is 3.45. The van der Waals surface area contributed by atoms with Crippen LogP contribution in [-0.2, 0) is 0 Å². The molecule has 0 N–H and O–H groups in total. The molecule has 0 bridgehead atoms. The zero-order chi connectivity index (χ0) is 6.27. The average Bonchev–Trinajstić information content (AvgIpc) is 2.35. The minimum atomic E-state index is 0.880. The number of rotatable bonds is 0. The lowest BCUT2D eigenvalue weighted by atomic mass is 10.0. The van der Waals surface area contributed by atoms with Gasteiger partial charge in [-0.15, -0.1) is 0 Å². The van der Waals surface area contributed by atoms with Gasteiger partial charge in [0.2, 0.25) is 0 Å². The van der Waals surface area contributed by atoms with Crippen molar-refractivity contribution >= 4 is 15.9 Å². The number of alkyl halides is 1. The topological polar surface area (TPSA) is 0 Å². The molecule has 2 aliphatic carbocycles. The maximum absolute atomic E-state index is 3.75. The first kappa shape index (κ1) is 6.21. The van der Waals surface area contributed by atoms with Crippen molar-refractivity contribution in [2.24, 2.45) is 11.8 Å². The summed E-state index contributed by atoms with van der Waals surface area (Å²) in [5.74, 6) is 2.17. The molecule has 52 valence electrons. The van der Waals surface area contributed by atoms with Crippen molar-refractivity contribution in [1.82, 2.24) is 0 Å². The van der Waals surface area contributed by atoms with Crippen LogP contribution in [0.2, 0.25) is 0 Å². The molecular formula is C8H13Br. The summed E-state index contributed by atoms with van der Waals surface area (Å²) in [4.78, 5) is 0.880. The highest BCUT2D eigenvalue weighted by Crippen LogP contribution is 2.46. The summed E-state index contributed by atoms with van der Waals surface area (Å²) in [7, 11) is 0. The van der Waals surface area contributed by atoms with E-state index in [0.717, 1.165) is 16.7 Å². The Bertz CT molecular complexity index is 111. The Morgan fingerprint density at radius 2 is 1.89 bits per heavy atom. The predicted octanol–water partition coefficient (Wildman–Crippen LogP) is 2.96. The quantitative estimate of drug-likeness (QED) is 0.514. The summed E-state index contributed by atoms with van der Waals surface area (Å²) < 4.78 is 0.